The lowest BCUT2D eigenvalue weighted by molar-refractivity contribution is -0.119. The molecule has 0 bridgehead atoms. The molecule has 1 aromatic carbocycles. The molecule has 0 saturated carbocycles. The number of rotatable bonds is 5. The van der Waals surface area contributed by atoms with Crippen molar-refractivity contribution in [3.8, 4) is 0 Å². The second-order valence-electron chi connectivity index (χ2n) is 3.33. The summed E-state index contributed by atoms with van der Waals surface area (Å²) in [6.45, 7) is 3.00. The summed E-state index contributed by atoms with van der Waals surface area (Å²) in [6.07, 6.45) is 0.943. The number of amides is 1. The molecule has 0 heterocycles. The first-order valence-corrected chi connectivity index (χ1v) is 6.26. The fourth-order valence-electron chi connectivity index (χ4n) is 1.12. The van der Waals surface area contributed by atoms with Gasteiger partial charge in [-0.15, -0.1) is 0 Å². The zero-order valence-corrected chi connectivity index (χ0v) is 11.4. The van der Waals surface area contributed by atoms with E-state index in [4.69, 9.17) is 11.6 Å². The van der Waals surface area contributed by atoms with Crippen molar-refractivity contribution in [2.75, 3.05) is 18.4 Å². The molecular formula is C11H14BrClN2O. The average molecular weight is 306 g/mol. The van der Waals surface area contributed by atoms with E-state index in [1.54, 1.807) is 6.07 Å². The third-order valence-electron chi connectivity index (χ3n) is 1.94. The van der Waals surface area contributed by atoms with E-state index in [9.17, 15) is 4.79 Å². The van der Waals surface area contributed by atoms with Gasteiger partial charge in [0.15, 0.2) is 0 Å². The molecule has 1 aromatic rings. The van der Waals surface area contributed by atoms with Crippen molar-refractivity contribution in [2.45, 2.75) is 13.3 Å². The normalized spacial score (nSPS) is 9.94. The Morgan fingerprint density at radius 3 is 2.88 bits per heavy atom. The van der Waals surface area contributed by atoms with Gasteiger partial charge in [-0.1, -0.05) is 18.5 Å². The predicted molar refractivity (Wildman–Crippen MR) is 70.9 cm³/mol. The largest absolute Gasteiger partial charge is 0.376 e. The number of carbonyl (C=O) groups is 1. The maximum atomic E-state index is 11.3. The lowest BCUT2D eigenvalue weighted by Crippen LogP contribution is -2.30. The summed E-state index contributed by atoms with van der Waals surface area (Å²) in [5.74, 6) is -0.00655. The highest BCUT2D eigenvalue weighted by molar-refractivity contribution is 9.10. The molecule has 5 heteroatoms. The van der Waals surface area contributed by atoms with E-state index in [1.807, 2.05) is 19.1 Å². The quantitative estimate of drug-likeness (QED) is 0.878. The number of hydrogen-bond acceptors (Lipinski definition) is 2. The van der Waals surface area contributed by atoms with Crippen LogP contribution in [0.25, 0.3) is 0 Å². The minimum Gasteiger partial charge on any atom is -0.376 e. The van der Waals surface area contributed by atoms with E-state index < -0.39 is 0 Å². The second kappa shape index (κ2) is 6.76. The van der Waals surface area contributed by atoms with Gasteiger partial charge in [0.05, 0.1) is 11.6 Å². The first-order valence-electron chi connectivity index (χ1n) is 5.09. The van der Waals surface area contributed by atoms with Crippen LogP contribution in [0.2, 0.25) is 5.02 Å². The van der Waals surface area contributed by atoms with Gasteiger partial charge in [0.1, 0.15) is 0 Å². The zero-order valence-electron chi connectivity index (χ0n) is 9.02. The Morgan fingerprint density at radius 1 is 1.50 bits per heavy atom. The van der Waals surface area contributed by atoms with Crippen molar-refractivity contribution in [1.82, 2.24) is 5.32 Å². The van der Waals surface area contributed by atoms with Crippen LogP contribution in [0.5, 0.6) is 0 Å². The van der Waals surface area contributed by atoms with E-state index in [0.29, 0.717) is 11.6 Å². The van der Waals surface area contributed by atoms with Gasteiger partial charge in [-0.25, -0.2) is 0 Å². The summed E-state index contributed by atoms with van der Waals surface area (Å²) in [5, 5.41) is 6.46. The third-order valence-corrected chi connectivity index (χ3v) is 3.16. The number of halogens is 2. The van der Waals surface area contributed by atoms with Crippen LogP contribution in [0.4, 0.5) is 5.69 Å². The first-order chi connectivity index (χ1) is 7.63. The molecular weight excluding hydrogens is 291 g/mol. The summed E-state index contributed by atoms with van der Waals surface area (Å²) in [6, 6.07) is 5.45. The maximum Gasteiger partial charge on any atom is 0.239 e. The molecule has 0 unspecified atom stereocenters. The van der Waals surface area contributed by atoms with Crippen LogP contribution < -0.4 is 10.6 Å². The number of nitrogens with one attached hydrogen (secondary N) is 2. The molecule has 3 nitrogen and oxygen atoms in total. The van der Waals surface area contributed by atoms with E-state index in [2.05, 4.69) is 26.6 Å². The lowest BCUT2D eigenvalue weighted by atomic mass is 10.3. The highest BCUT2D eigenvalue weighted by Gasteiger charge is 2.01. The highest BCUT2D eigenvalue weighted by Crippen LogP contribution is 2.25. The topological polar surface area (TPSA) is 41.1 Å². The van der Waals surface area contributed by atoms with Gasteiger partial charge in [0, 0.05) is 16.7 Å². The Balaban J connectivity index is 2.42. The van der Waals surface area contributed by atoms with E-state index in [1.165, 1.54) is 0 Å². The molecule has 1 amide bonds. The first kappa shape index (κ1) is 13.3. The summed E-state index contributed by atoms with van der Waals surface area (Å²) in [5.41, 5.74) is 0.864. The zero-order chi connectivity index (χ0) is 12.0. The Labute approximate surface area is 109 Å². The van der Waals surface area contributed by atoms with Gasteiger partial charge in [-0.05, 0) is 40.5 Å². The molecule has 0 spiro atoms. The SMILES string of the molecule is CCCNC(=O)CNc1ccc(Cl)c(Br)c1. The van der Waals surface area contributed by atoms with Gasteiger partial charge < -0.3 is 10.6 Å². The molecule has 16 heavy (non-hydrogen) atoms. The molecule has 0 atom stereocenters. The van der Waals surface area contributed by atoms with Gasteiger partial charge in [-0.2, -0.15) is 0 Å². The standard InChI is InChI=1S/C11H14BrClN2O/c1-2-5-14-11(16)7-15-8-3-4-10(13)9(12)6-8/h3-4,6,15H,2,5,7H2,1H3,(H,14,16). The second-order valence-corrected chi connectivity index (χ2v) is 4.59. The monoisotopic (exact) mass is 304 g/mol. The molecule has 0 aromatic heterocycles. The minimum atomic E-state index is -0.00655. The van der Waals surface area contributed by atoms with Crippen molar-refractivity contribution >= 4 is 39.1 Å². The molecule has 0 fully saturated rings. The lowest BCUT2D eigenvalue weighted by Gasteiger charge is -2.07. The van der Waals surface area contributed by atoms with Gasteiger partial charge >= 0.3 is 0 Å². The van der Waals surface area contributed by atoms with Crippen molar-refractivity contribution in [3.05, 3.63) is 27.7 Å². The number of hydrogen-bond donors (Lipinski definition) is 2. The predicted octanol–water partition coefficient (Wildman–Crippen LogP) is 3.04. The summed E-state index contributed by atoms with van der Waals surface area (Å²) < 4.78 is 0.813. The van der Waals surface area contributed by atoms with Crippen LogP contribution in [0.1, 0.15) is 13.3 Å². The fraction of sp³-hybridized carbons (Fsp3) is 0.364. The number of carbonyl (C=O) groups excluding carboxylic acids is 1. The van der Waals surface area contributed by atoms with Crippen LogP contribution in [-0.2, 0) is 4.79 Å². The summed E-state index contributed by atoms with van der Waals surface area (Å²) in [7, 11) is 0. The number of anilines is 1. The molecule has 0 aliphatic heterocycles. The van der Waals surface area contributed by atoms with Crippen molar-refractivity contribution in [1.29, 1.82) is 0 Å². The van der Waals surface area contributed by atoms with E-state index >= 15 is 0 Å². The molecule has 0 radical (unpaired) electrons. The Kier molecular flexibility index (Phi) is 5.63. The molecule has 88 valence electrons. The van der Waals surface area contributed by atoms with Gasteiger partial charge in [0.25, 0.3) is 0 Å². The highest BCUT2D eigenvalue weighted by atomic mass is 79.9. The molecule has 0 aliphatic carbocycles. The van der Waals surface area contributed by atoms with Crippen molar-refractivity contribution in [2.24, 2.45) is 0 Å². The van der Waals surface area contributed by atoms with E-state index in [0.717, 1.165) is 16.6 Å². The maximum absolute atomic E-state index is 11.3. The smallest absolute Gasteiger partial charge is 0.239 e. The molecule has 0 aliphatic rings. The van der Waals surface area contributed by atoms with Crippen LogP contribution in [-0.4, -0.2) is 19.0 Å². The van der Waals surface area contributed by atoms with Crippen LogP contribution >= 0.6 is 27.5 Å². The van der Waals surface area contributed by atoms with Crippen LogP contribution in [0.15, 0.2) is 22.7 Å². The van der Waals surface area contributed by atoms with Crippen LogP contribution in [0, 0.1) is 0 Å². The van der Waals surface area contributed by atoms with Crippen molar-refractivity contribution in [3.63, 3.8) is 0 Å². The van der Waals surface area contributed by atoms with E-state index in [-0.39, 0.29) is 12.5 Å². The Bertz CT molecular complexity index is 371. The third kappa shape index (κ3) is 4.41. The summed E-state index contributed by atoms with van der Waals surface area (Å²) >= 11 is 9.18. The number of benzene rings is 1. The van der Waals surface area contributed by atoms with Gasteiger partial charge in [0.2, 0.25) is 5.91 Å². The van der Waals surface area contributed by atoms with Crippen LogP contribution in [0.3, 0.4) is 0 Å². The molecule has 1 rings (SSSR count). The van der Waals surface area contributed by atoms with Crippen molar-refractivity contribution < 1.29 is 4.79 Å². The summed E-state index contributed by atoms with van der Waals surface area (Å²) in [4.78, 5) is 11.3. The Hall–Kier alpha value is -0.740. The molecule has 2 N–H and O–H groups in total. The minimum absolute atomic E-state index is 0.00655. The Morgan fingerprint density at radius 2 is 2.25 bits per heavy atom. The fourth-order valence-corrected chi connectivity index (χ4v) is 1.61. The molecule has 0 saturated heterocycles. The average Bonchev–Trinajstić information content (AvgIpc) is 2.28. The van der Waals surface area contributed by atoms with Gasteiger partial charge in [-0.3, -0.25) is 4.79 Å².